The molecule has 1 aliphatic heterocycles. The Morgan fingerprint density at radius 1 is 1.24 bits per heavy atom. The summed E-state index contributed by atoms with van der Waals surface area (Å²) in [7, 11) is 0. The summed E-state index contributed by atoms with van der Waals surface area (Å²) in [5.41, 5.74) is 2.36. The minimum Gasteiger partial charge on any atom is -0.502 e. The van der Waals surface area contributed by atoms with Crippen molar-refractivity contribution in [3.8, 4) is 5.75 Å². The summed E-state index contributed by atoms with van der Waals surface area (Å²) in [4.78, 5) is 12.8. The van der Waals surface area contributed by atoms with Gasteiger partial charge >= 0.3 is 5.97 Å². The van der Waals surface area contributed by atoms with Crippen molar-refractivity contribution in [1.82, 2.24) is 0 Å². The lowest BCUT2D eigenvalue weighted by Crippen LogP contribution is -2.31. The number of aliphatic hydroxyl groups is 2. The van der Waals surface area contributed by atoms with Crippen LogP contribution >= 0.6 is 0 Å². The van der Waals surface area contributed by atoms with Gasteiger partial charge in [0.25, 0.3) is 0 Å². The zero-order valence-electron chi connectivity index (χ0n) is 18.9. The normalized spacial score (nSPS) is 20.2. The molecular weight excluding hydrogens is 424 g/mol. The Kier molecular flexibility index (Phi) is 9.15. The highest BCUT2D eigenvalue weighted by atomic mass is 16.5. The van der Waals surface area contributed by atoms with E-state index in [-0.39, 0.29) is 25.1 Å². The van der Waals surface area contributed by atoms with E-state index in [9.17, 15) is 9.90 Å². The molecule has 178 valence electrons. The second kappa shape index (κ2) is 12.3. The summed E-state index contributed by atoms with van der Waals surface area (Å²) in [5, 5.41) is 18.9. The molecule has 7 heteroatoms. The molecule has 0 saturated heterocycles. The van der Waals surface area contributed by atoms with Crippen LogP contribution in [0.5, 0.6) is 5.75 Å². The molecule has 7 nitrogen and oxygen atoms in total. The number of aryl methyl sites for hydroxylation is 1. The van der Waals surface area contributed by atoms with E-state index in [2.05, 4.69) is 6.58 Å². The van der Waals surface area contributed by atoms with Crippen LogP contribution in [0.25, 0.3) is 5.57 Å². The molecule has 1 aliphatic carbocycles. The van der Waals surface area contributed by atoms with Crippen molar-refractivity contribution < 1.29 is 34.0 Å². The summed E-state index contributed by atoms with van der Waals surface area (Å²) >= 11 is 0. The fraction of sp³-hybridized carbons (Fsp3) is 0.423. The summed E-state index contributed by atoms with van der Waals surface area (Å²) in [6.45, 7) is 6.50. The molecule has 0 amide bonds. The van der Waals surface area contributed by atoms with Gasteiger partial charge in [-0.1, -0.05) is 31.7 Å². The summed E-state index contributed by atoms with van der Waals surface area (Å²) in [5.74, 6) is 0.795. The maximum atomic E-state index is 12.8. The van der Waals surface area contributed by atoms with E-state index in [1.807, 2.05) is 43.4 Å². The molecule has 3 unspecified atom stereocenters. The number of ether oxygens (including phenoxy) is 4. The first-order chi connectivity index (χ1) is 16.0. The maximum absolute atomic E-state index is 12.8. The first-order valence-corrected chi connectivity index (χ1v) is 11.3. The quantitative estimate of drug-likeness (QED) is 0.267. The second-order valence-electron chi connectivity index (χ2n) is 7.84. The molecule has 3 rings (SSSR count). The van der Waals surface area contributed by atoms with Crippen LogP contribution in [0.4, 0.5) is 0 Å². The molecule has 33 heavy (non-hydrogen) atoms. The van der Waals surface area contributed by atoms with Gasteiger partial charge < -0.3 is 29.2 Å². The van der Waals surface area contributed by atoms with Crippen LogP contribution in [0, 0.1) is 5.92 Å². The molecule has 0 spiro atoms. The van der Waals surface area contributed by atoms with Gasteiger partial charge in [-0.2, -0.15) is 0 Å². The highest BCUT2D eigenvalue weighted by Gasteiger charge is 2.32. The van der Waals surface area contributed by atoms with Crippen LogP contribution in [0.2, 0.25) is 0 Å². The third-order valence-corrected chi connectivity index (χ3v) is 5.46. The number of fused-ring (bicyclic) bond motifs is 1. The molecule has 0 radical (unpaired) electrons. The monoisotopic (exact) mass is 456 g/mol. The number of rotatable bonds is 13. The predicted molar refractivity (Wildman–Crippen MR) is 124 cm³/mol. The van der Waals surface area contributed by atoms with Crippen molar-refractivity contribution in [3.05, 3.63) is 72.2 Å². The van der Waals surface area contributed by atoms with Crippen molar-refractivity contribution in [1.29, 1.82) is 0 Å². The van der Waals surface area contributed by atoms with Crippen molar-refractivity contribution in [3.63, 3.8) is 0 Å². The van der Waals surface area contributed by atoms with Crippen LogP contribution in [0.15, 0.2) is 61.1 Å². The summed E-state index contributed by atoms with van der Waals surface area (Å²) < 4.78 is 22.1. The lowest BCUT2D eigenvalue weighted by molar-refractivity contribution is -0.141. The molecule has 2 aliphatic rings. The first kappa shape index (κ1) is 24.6. The van der Waals surface area contributed by atoms with Crippen molar-refractivity contribution in [2.45, 2.75) is 38.4 Å². The van der Waals surface area contributed by atoms with Crippen molar-refractivity contribution in [2.24, 2.45) is 5.92 Å². The predicted octanol–water partition coefficient (Wildman–Crippen LogP) is 3.32. The van der Waals surface area contributed by atoms with Crippen molar-refractivity contribution in [2.75, 3.05) is 26.4 Å². The average Bonchev–Trinajstić information content (AvgIpc) is 2.82. The number of hydrogen-bond acceptors (Lipinski definition) is 7. The van der Waals surface area contributed by atoms with Gasteiger partial charge in [0.15, 0.2) is 0 Å². The molecule has 0 aromatic heterocycles. The zero-order chi connectivity index (χ0) is 23.6. The molecule has 1 aromatic carbocycles. The van der Waals surface area contributed by atoms with Crippen LogP contribution < -0.4 is 4.74 Å². The van der Waals surface area contributed by atoms with E-state index in [0.717, 1.165) is 17.5 Å². The van der Waals surface area contributed by atoms with Crippen LogP contribution in [0.1, 0.15) is 30.9 Å². The van der Waals surface area contributed by atoms with E-state index < -0.39 is 12.2 Å². The molecule has 3 atom stereocenters. The number of carbonyl (C=O) groups excluding carboxylic acids is 1. The van der Waals surface area contributed by atoms with E-state index in [0.29, 0.717) is 43.1 Å². The third kappa shape index (κ3) is 6.73. The molecular formula is C26H32O7. The van der Waals surface area contributed by atoms with E-state index in [1.165, 1.54) is 6.26 Å². The second-order valence-corrected chi connectivity index (χ2v) is 7.84. The number of esters is 1. The van der Waals surface area contributed by atoms with Crippen LogP contribution in [-0.4, -0.2) is 54.8 Å². The lowest BCUT2D eigenvalue weighted by Gasteiger charge is -2.29. The minimum absolute atomic E-state index is 0.0833. The standard InChI is InChI=1S/C26H32O7/c1-3-18-14-21(31-12-5-11-27)8-9-23(18)24-15-19-6-7-22(16-25(19)33-26(24)29)32-17-20(28)10-13-30-4-2/h4,6-9,14-16,19-20,25,27-28H,2-3,5,10-13,17H2,1H3. The van der Waals surface area contributed by atoms with Gasteiger partial charge in [-0.05, 0) is 41.8 Å². The number of hydrogen-bond donors (Lipinski definition) is 2. The summed E-state index contributed by atoms with van der Waals surface area (Å²) in [6, 6.07) is 5.65. The largest absolute Gasteiger partial charge is 0.502 e. The van der Waals surface area contributed by atoms with E-state index >= 15 is 0 Å². The third-order valence-electron chi connectivity index (χ3n) is 5.46. The van der Waals surface area contributed by atoms with E-state index in [4.69, 9.17) is 24.1 Å². The van der Waals surface area contributed by atoms with Gasteiger partial charge in [0.2, 0.25) is 0 Å². The van der Waals surface area contributed by atoms with Gasteiger partial charge in [-0.15, -0.1) is 0 Å². The van der Waals surface area contributed by atoms with Crippen LogP contribution in [0.3, 0.4) is 0 Å². The topological polar surface area (TPSA) is 94.5 Å². The molecule has 0 bridgehead atoms. The Morgan fingerprint density at radius 3 is 2.85 bits per heavy atom. The van der Waals surface area contributed by atoms with Crippen molar-refractivity contribution >= 4 is 11.5 Å². The van der Waals surface area contributed by atoms with Gasteiger partial charge in [-0.25, -0.2) is 4.79 Å². The average molecular weight is 457 g/mol. The lowest BCUT2D eigenvalue weighted by atomic mass is 9.88. The highest BCUT2D eigenvalue weighted by Crippen LogP contribution is 2.34. The molecule has 1 aromatic rings. The Balaban J connectivity index is 1.66. The summed E-state index contributed by atoms with van der Waals surface area (Å²) in [6.07, 6.45) is 9.43. The van der Waals surface area contributed by atoms with Gasteiger partial charge in [0.05, 0.1) is 31.2 Å². The van der Waals surface area contributed by atoms with Crippen LogP contribution in [-0.2, 0) is 25.4 Å². The Hall–Kier alpha value is -3.03. The van der Waals surface area contributed by atoms with E-state index in [1.54, 1.807) is 6.08 Å². The molecule has 0 saturated carbocycles. The zero-order valence-corrected chi connectivity index (χ0v) is 18.9. The fourth-order valence-electron chi connectivity index (χ4n) is 3.68. The minimum atomic E-state index is -0.666. The molecule has 2 N–H and O–H groups in total. The number of allylic oxidation sites excluding steroid dienone is 1. The Labute approximate surface area is 194 Å². The SMILES string of the molecule is C=COCCC(O)COC1=CC2OC(=O)C(c3ccc(OCCCO)cc3CC)=CC2C=C1. The molecule has 0 fully saturated rings. The maximum Gasteiger partial charge on any atom is 0.339 e. The number of benzene rings is 1. The Bertz CT molecular complexity index is 915. The van der Waals surface area contributed by atoms with Gasteiger partial charge in [0, 0.05) is 25.4 Å². The smallest absolute Gasteiger partial charge is 0.339 e. The molecule has 1 heterocycles. The fourth-order valence-corrected chi connectivity index (χ4v) is 3.68. The Morgan fingerprint density at radius 2 is 2.09 bits per heavy atom. The van der Waals surface area contributed by atoms with Gasteiger partial charge in [-0.3, -0.25) is 0 Å². The number of aliphatic hydroxyl groups excluding tert-OH is 2. The number of carbonyl (C=O) groups is 1. The van der Waals surface area contributed by atoms with Gasteiger partial charge in [0.1, 0.15) is 24.2 Å². The highest BCUT2D eigenvalue weighted by molar-refractivity contribution is 6.17. The first-order valence-electron chi connectivity index (χ1n) is 11.3.